The molecule has 0 aliphatic carbocycles. The number of carbonyl (C=O) groups is 1. The van der Waals surface area contributed by atoms with Gasteiger partial charge in [-0.1, -0.05) is 24.3 Å². The summed E-state index contributed by atoms with van der Waals surface area (Å²) >= 11 is 0. The van der Waals surface area contributed by atoms with E-state index in [9.17, 15) is 19.1 Å². The third-order valence-corrected chi connectivity index (χ3v) is 4.34. The van der Waals surface area contributed by atoms with E-state index in [0.29, 0.717) is 4.90 Å². The first kappa shape index (κ1) is 16.8. The van der Waals surface area contributed by atoms with Crippen molar-refractivity contribution in [2.24, 2.45) is 0 Å². The first-order valence-electron chi connectivity index (χ1n) is 6.88. The Hall–Kier alpha value is -2.54. The van der Waals surface area contributed by atoms with Crippen LogP contribution in [0.4, 0.5) is 5.69 Å². The third-order valence-electron chi connectivity index (χ3n) is 3.40. The Kier molecular flexibility index (Phi) is 5.23. The van der Waals surface area contributed by atoms with Crippen LogP contribution in [0.15, 0.2) is 53.4 Å². The average molecular weight is 332 g/mol. The molecule has 2 aromatic rings. The Balaban J connectivity index is 2.17. The Labute approximate surface area is 136 Å². The maximum absolute atomic E-state index is 12.3. The fourth-order valence-electron chi connectivity index (χ4n) is 2.13. The summed E-state index contributed by atoms with van der Waals surface area (Å²) in [4.78, 5) is 23.4. The van der Waals surface area contributed by atoms with Gasteiger partial charge in [0.05, 0.1) is 11.0 Å². The first-order chi connectivity index (χ1) is 10.9. The molecule has 2 atom stereocenters. The van der Waals surface area contributed by atoms with Gasteiger partial charge in [0.25, 0.3) is 11.6 Å². The van der Waals surface area contributed by atoms with Crippen molar-refractivity contribution >= 4 is 22.4 Å². The number of amides is 1. The molecule has 23 heavy (non-hydrogen) atoms. The zero-order chi connectivity index (χ0) is 17.0. The van der Waals surface area contributed by atoms with Crippen LogP contribution in [0.1, 0.15) is 28.9 Å². The summed E-state index contributed by atoms with van der Waals surface area (Å²) in [6.07, 6.45) is 1.59. The molecule has 120 valence electrons. The lowest BCUT2D eigenvalue weighted by Crippen LogP contribution is -2.27. The normalized spacial score (nSPS) is 13.1. The summed E-state index contributed by atoms with van der Waals surface area (Å²) < 4.78 is 11.4. The van der Waals surface area contributed by atoms with Crippen molar-refractivity contribution in [1.29, 1.82) is 0 Å². The maximum atomic E-state index is 12.3. The number of benzene rings is 2. The van der Waals surface area contributed by atoms with Gasteiger partial charge in [0, 0.05) is 28.0 Å². The van der Waals surface area contributed by atoms with Gasteiger partial charge in [0.2, 0.25) is 0 Å². The van der Waals surface area contributed by atoms with E-state index in [1.807, 2.05) is 0 Å². The van der Waals surface area contributed by atoms with Crippen molar-refractivity contribution < 1.29 is 13.9 Å². The van der Waals surface area contributed by atoms with Crippen LogP contribution in [0.5, 0.6) is 0 Å². The first-order valence-corrected chi connectivity index (χ1v) is 8.43. The molecule has 0 heterocycles. The highest BCUT2D eigenvalue weighted by atomic mass is 32.2. The number of hydrogen-bond acceptors (Lipinski definition) is 4. The van der Waals surface area contributed by atoms with Crippen LogP contribution in [0, 0.1) is 10.1 Å². The summed E-state index contributed by atoms with van der Waals surface area (Å²) in [5.74, 6) is -0.507. The Morgan fingerprint density at radius 3 is 2.35 bits per heavy atom. The predicted molar refractivity (Wildman–Crippen MR) is 87.8 cm³/mol. The summed E-state index contributed by atoms with van der Waals surface area (Å²) in [5.41, 5.74) is 0.621. The van der Waals surface area contributed by atoms with E-state index in [0.717, 1.165) is 5.56 Å². The lowest BCUT2D eigenvalue weighted by atomic mass is 10.1. The number of carbonyl (C=O) groups excluding carboxylic acids is 1. The number of nitrogens with zero attached hydrogens (tertiary/aromatic N) is 1. The van der Waals surface area contributed by atoms with Gasteiger partial charge in [-0.3, -0.25) is 19.1 Å². The number of nitro benzene ring substituents is 1. The standard InChI is InChI=1S/C16H16N2O4S/c1-11(12-7-9-13(10-8-12)23(2)22)17-16(19)14-5-3-4-6-15(14)18(20)21/h3-11H,1-2H3,(H,17,19)/t11-,23+/m0/s1. The number of para-hydroxylation sites is 1. The molecule has 0 spiro atoms. The molecule has 0 bridgehead atoms. The summed E-state index contributed by atoms with van der Waals surface area (Å²) in [5, 5.41) is 13.7. The molecule has 1 N–H and O–H groups in total. The minimum Gasteiger partial charge on any atom is -0.345 e. The van der Waals surface area contributed by atoms with Gasteiger partial charge in [0.1, 0.15) is 5.56 Å². The lowest BCUT2D eigenvalue weighted by molar-refractivity contribution is -0.385. The van der Waals surface area contributed by atoms with Crippen LogP contribution < -0.4 is 5.32 Å². The molecule has 1 amide bonds. The van der Waals surface area contributed by atoms with Crippen molar-refractivity contribution in [2.75, 3.05) is 6.26 Å². The molecule has 0 saturated carbocycles. The zero-order valence-corrected chi connectivity index (χ0v) is 13.5. The average Bonchev–Trinajstić information content (AvgIpc) is 2.54. The Bertz CT molecular complexity index is 759. The highest BCUT2D eigenvalue weighted by Crippen LogP contribution is 2.20. The summed E-state index contributed by atoms with van der Waals surface area (Å²) in [7, 11) is -1.06. The maximum Gasteiger partial charge on any atom is 0.282 e. The molecule has 0 aliphatic heterocycles. The van der Waals surface area contributed by atoms with E-state index >= 15 is 0 Å². The predicted octanol–water partition coefficient (Wildman–Crippen LogP) is 2.82. The highest BCUT2D eigenvalue weighted by Gasteiger charge is 2.20. The van der Waals surface area contributed by atoms with Crippen LogP contribution >= 0.6 is 0 Å². The molecule has 2 rings (SSSR count). The van der Waals surface area contributed by atoms with Crippen LogP contribution in [0.2, 0.25) is 0 Å². The molecule has 6 nitrogen and oxygen atoms in total. The molecule has 2 aromatic carbocycles. The molecule has 0 fully saturated rings. The molecule has 7 heteroatoms. The number of rotatable bonds is 5. The minimum absolute atomic E-state index is 0.0237. The number of hydrogen-bond donors (Lipinski definition) is 1. The van der Waals surface area contributed by atoms with Gasteiger partial charge in [-0.05, 0) is 30.7 Å². The van der Waals surface area contributed by atoms with E-state index in [4.69, 9.17) is 0 Å². The fourth-order valence-corrected chi connectivity index (χ4v) is 2.65. The quantitative estimate of drug-likeness (QED) is 0.673. The van der Waals surface area contributed by atoms with Gasteiger partial charge in [-0.2, -0.15) is 0 Å². The minimum atomic E-state index is -1.06. The van der Waals surface area contributed by atoms with Crippen LogP contribution in [0.25, 0.3) is 0 Å². The van der Waals surface area contributed by atoms with Crippen molar-refractivity contribution in [2.45, 2.75) is 17.9 Å². The van der Waals surface area contributed by atoms with Gasteiger partial charge in [-0.15, -0.1) is 0 Å². The highest BCUT2D eigenvalue weighted by molar-refractivity contribution is 7.84. The Morgan fingerprint density at radius 2 is 1.78 bits per heavy atom. The van der Waals surface area contributed by atoms with Crippen molar-refractivity contribution in [3.8, 4) is 0 Å². The molecule has 0 unspecified atom stereocenters. The van der Waals surface area contributed by atoms with E-state index in [2.05, 4.69) is 5.32 Å². The summed E-state index contributed by atoms with van der Waals surface area (Å²) in [6.45, 7) is 1.78. The van der Waals surface area contributed by atoms with Gasteiger partial charge < -0.3 is 5.32 Å². The van der Waals surface area contributed by atoms with E-state index < -0.39 is 21.6 Å². The second-order valence-electron chi connectivity index (χ2n) is 4.99. The number of nitro groups is 1. The lowest BCUT2D eigenvalue weighted by Gasteiger charge is -2.14. The Morgan fingerprint density at radius 1 is 1.17 bits per heavy atom. The van der Waals surface area contributed by atoms with E-state index in [-0.39, 0.29) is 17.3 Å². The van der Waals surface area contributed by atoms with Gasteiger partial charge >= 0.3 is 0 Å². The van der Waals surface area contributed by atoms with Crippen LogP contribution in [-0.4, -0.2) is 21.3 Å². The molecular formula is C16H16N2O4S. The second-order valence-corrected chi connectivity index (χ2v) is 6.37. The monoisotopic (exact) mass is 332 g/mol. The van der Waals surface area contributed by atoms with Crippen molar-refractivity contribution in [3.63, 3.8) is 0 Å². The molecule has 0 radical (unpaired) electrons. The van der Waals surface area contributed by atoms with Gasteiger partial charge in [0.15, 0.2) is 0 Å². The topological polar surface area (TPSA) is 89.3 Å². The van der Waals surface area contributed by atoms with Crippen LogP contribution in [0.3, 0.4) is 0 Å². The van der Waals surface area contributed by atoms with Crippen molar-refractivity contribution in [1.82, 2.24) is 5.32 Å². The molecule has 0 saturated heterocycles. The molecule has 0 aliphatic rings. The molecular weight excluding hydrogens is 316 g/mol. The van der Waals surface area contributed by atoms with Gasteiger partial charge in [-0.25, -0.2) is 0 Å². The number of nitrogens with one attached hydrogen (secondary N) is 1. The SMILES string of the molecule is C[C@H](NC(=O)c1ccccc1[N+](=O)[O-])c1ccc([S@@](C)=O)cc1. The fraction of sp³-hybridized carbons (Fsp3) is 0.188. The third kappa shape index (κ3) is 4.01. The van der Waals surface area contributed by atoms with E-state index in [1.54, 1.807) is 43.5 Å². The summed E-state index contributed by atoms with van der Waals surface area (Å²) in [6, 6.07) is 12.5. The van der Waals surface area contributed by atoms with E-state index in [1.165, 1.54) is 18.2 Å². The largest absolute Gasteiger partial charge is 0.345 e. The van der Waals surface area contributed by atoms with Crippen molar-refractivity contribution in [3.05, 3.63) is 69.8 Å². The smallest absolute Gasteiger partial charge is 0.282 e. The zero-order valence-electron chi connectivity index (χ0n) is 12.7. The molecule has 0 aromatic heterocycles. The van der Waals surface area contributed by atoms with Crippen LogP contribution in [-0.2, 0) is 10.8 Å². The second kappa shape index (κ2) is 7.15.